The van der Waals surface area contributed by atoms with Crippen LogP contribution >= 0.6 is 0 Å². The van der Waals surface area contributed by atoms with Gasteiger partial charge < -0.3 is 29.2 Å². The van der Waals surface area contributed by atoms with Gasteiger partial charge in [-0.3, -0.25) is 0 Å². The van der Waals surface area contributed by atoms with Crippen molar-refractivity contribution < 1.29 is 38.2 Å². The molecule has 4 rings (SSSR count). The number of amides is 3. The lowest BCUT2D eigenvalue weighted by atomic mass is 10.1. The SMILES string of the molecule is CCC(OC(=O)N(Cc1ccccc1)C(=O)Nc1ccccc1OC)c1cc(-c2ccc(OC(C)(C)C(=O)O)cc2)no1. The molecule has 1 atom stereocenters. The molecule has 3 amide bonds. The third kappa shape index (κ3) is 7.70. The molecule has 0 spiro atoms. The van der Waals surface area contributed by atoms with Crippen LogP contribution in [-0.4, -0.2) is 46.0 Å². The molecule has 4 aromatic rings. The number of rotatable bonds is 11. The van der Waals surface area contributed by atoms with Gasteiger partial charge in [0.2, 0.25) is 0 Å². The summed E-state index contributed by atoms with van der Waals surface area (Å²) in [4.78, 5) is 39.1. The van der Waals surface area contributed by atoms with Gasteiger partial charge in [-0.1, -0.05) is 54.5 Å². The number of carboxylic acid groups (broad SMARTS) is 1. The number of anilines is 1. The number of aliphatic carboxylic acids is 1. The molecule has 3 aromatic carbocycles. The van der Waals surface area contributed by atoms with Crippen LogP contribution in [0, 0.1) is 0 Å². The van der Waals surface area contributed by atoms with E-state index in [1.807, 2.05) is 25.1 Å². The van der Waals surface area contributed by atoms with Gasteiger partial charge in [0.05, 0.1) is 19.3 Å². The first-order valence-electron chi connectivity index (χ1n) is 13.6. The average molecular weight is 588 g/mol. The molecule has 0 aliphatic carbocycles. The van der Waals surface area contributed by atoms with Gasteiger partial charge in [-0.05, 0) is 62.2 Å². The van der Waals surface area contributed by atoms with Crippen LogP contribution in [0.4, 0.5) is 15.3 Å². The standard InChI is InChI=1S/C32H33N3O8/c1-5-26(28-19-25(34-43-28)22-15-17-23(18-16-22)42-32(2,3)29(36)37)41-31(39)35(20-21-11-7-6-8-12-21)30(38)33-24-13-9-10-14-27(24)40-4/h6-19,26H,5,20H2,1-4H3,(H,33,38)(H,36,37). The zero-order chi connectivity index (χ0) is 31.0. The summed E-state index contributed by atoms with van der Waals surface area (Å²) in [5, 5.41) is 16.1. The fourth-order valence-corrected chi connectivity index (χ4v) is 4.05. The number of nitrogens with zero attached hydrogens (tertiary/aromatic N) is 2. The number of imide groups is 1. The Morgan fingerprint density at radius 3 is 2.33 bits per heavy atom. The third-order valence-electron chi connectivity index (χ3n) is 6.50. The zero-order valence-corrected chi connectivity index (χ0v) is 24.3. The van der Waals surface area contributed by atoms with Crippen LogP contribution in [0.3, 0.4) is 0 Å². The summed E-state index contributed by atoms with van der Waals surface area (Å²) in [5.41, 5.74) is 0.890. The number of methoxy groups -OCH3 is 1. The molecule has 11 heteroatoms. The molecule has 0 aliphatic heterocycles. The Kier molecular flexibility index (Phi) is 9.66. The Morgan fingerprint density at radius 1 is 1.00 bits per heavy atom. The number of para-hydroxylation sites is 2. The van der Waals surface area contributed by atoms with Crippen LogP contribution < -0.4 is 14.8 Å². The molecule has 0 saturated heterocycles. The maximum absolute atomic E-state index is 13.4. The number of urea groups is 1. The quantitative estimate of drug-likeness (QED) is 0.191. The smallest absolute Gasteiger partial charge is 0.419 e. The normalized spacial score (nSPS) is 11.7. The molecule has 11 nitrogen and oxygen atoms in total. The maximum atomic E-state index is 13.4. The number of benzene rings is 3. The van der Waals surface area contributed by atoms with Crippen molar-refractivity contribution in [1.29, 1.82) is 0 Å². The molecular formula is C32H33N3O8. The first-order valence-corrected chi connectivity index (χ1v) is 13.6. The number of hydrogen-bond acceptors (Lipinski definition) is 8. The molecule has 1 heterocycles. The van der Waals surface area contributed by atoms with Gasteiger partial charge in [0, 0.05) is 11.6 Å². The van der Waals surface area contributed by atoms with Gasteiger partial charge in [0.15, 0.2) is 17.5 Å². The van der Waals surface area contributed by atoms with E-state index >= 15 is 0 Å². The maximum Gasteiger partial charge on any atom is 0.419 e. The second kappa shape index (κ2) is 13.6. The molecule has 0 radical (unpaired) electrons. The number of carboxylic acids is 1. The minimum atomic E-state index is -1.39. The van der Waals surface area contributed by atoms with Crippen molar-refractivity contribution in [2.45, 2.75) is 45.4 Å². The largest absolute Gasteiger partial charge is 0.495 e. The highest BCUT2D eigenvalue weighted by Gasteiger charge is 2.30. The topological polar surface area (TPSA) is 140 Å². The van der Waals surface area contributed by atoms with Gasteiger partial charge in [-0.2, -0.15) is 0 Å². The molecule has 43 heavy (non-hydrogen) atoms. The molecular weight excluding hydrogens is 554 g/mol. The van der Waals surface area contributed by atoms with E-state index in [0.29, 0.717) is 40.6 Å². The summed E-state index contributed by atoms with van der Waals surface area (Å²) >= 11 is 0. The van der Waals surface area contributed by atoms with Crippen LogP contribution in [0.5, 0.6) is 11.5 Å². The first-order chi connectivity index (χ1) is 20.6. The molecule has 1 aromatic heterocycles. The van der Waals surface area contributed by atoms with E-state index in [0.717, 1.165) is 10.5 Å². The number of nitrogens with one attached hydrogen (secondary N) is 1. The van der Waals surface area contributed by atoms with Crippen molar-refractivity contribution in [1.82, 2.24) is 10.1 Å². The minimum Gasteiger partial charge on any atom is -0.495 e. The Morgan fingerprint density at radius 2 is 1.67 bits per heavy atom. The molecule has 0 aliphatic rings. The van der Waals surface area contributed by atoms with E-state index in [9.17, 15) is 19.5 Å². The monoisotopic (exact) mass is 587 g/mol. The number of carbonyl (C=O) groups excluding carboxylic acids is 2. The van der Waals surface area contributed by atoms with Gasteiger partial charge in [0.1, 0.15) is 17.2 Å². The summed E-state index contributed by atoms with van der Waals surface area (Å²) in [6.45, 7) is 4.70. The van der Waals surface area contributed by atoms with Crippen molar-refractivity contribution in [2.24, 2.45) is 0 Å². The van der Waals surface area contributed by atoms with Crippen LogP contribution in [-0.2, 0) is 16.1 Å². The van der Waals surface area contributed by atoms with Crippen molar-refractivity contribution in [3.63, 3.8) is 0 Å². The fourth-order valence-electron chi connectivity index (χ4n) is 4.05. The average Bonchev–Trinajstić information content (AvgIpc) is 3.49. The van der Waals surface area contributed by atoms with Crippen molar-refractivity contribution >= 4 is 23.8 Å². The minimum absolute atomic E-state index is 0.0359. The second-order valence-electron chi connectivity index (χ2n) is 10.0. The molecule has 224 valence electrons. The third-order valence-corrected chi connectivity index (χ3v) is 6.50. The van der Waals surface area contributed by atoms with Crippen molar-refractivity contribution in [3.05, 3.63) is 96.3 Å². The molecule has 0 bridgehead atoms. The fraction of sp³-hybridized carbons (Fsp3) is 0.250. The number of carbonyl (C=O) groups is 3. The summed E-state index contributed by atoms with van der Waals surface area (Å²) in [6.07, 6.45) is -1.35. The molecule has 0 saturated carbocycles. The van der Waals surface area contributed by atoms with Gasteiger partial charge in [-0.15, -0.1) is 0 Å². The lowest BCUT2D eigenvalue weighted by Gasteiger charge is -2.23. The van der Waals surface area contributed by atoms with Gasteiger partial charge in [-0.25, -0.2) is 19.3 Å². The van der Waals surface area contributed by atoms with Crippen LogP contribution in [0.1, 0.15) is 44.6 Å². The van der Waals surface area contributed by atoms with E-state index in [-0.39, 0.29) is 6.54 Å². The molecule has 0 fully saturated rings. The van der Waals surface area contributed by atoms with E-state index in [2.05, 4.69) is 10.5 Å². The summed E-state index contributed by atoms with van der Waals surface area (Å²) in [7, 11) is 1.49. The molecule has 1 unspecified atom stereocenters. The second-order valence-corrected chi connectivity index (χ2v) is 10.0. The summed E-state index contributed by atoms with van der Waals surface area (Å²) in [5.74, 6) is 0.0281. The Balaban J connectivity index is 1.50. The highest BCUT2D eigenvalue weighted by Crippen LogP contribution is 2.30. The van der Waals surface area contributed by atoms with E-state index in [1.165, 1.54) is 21.0 Å². The molecule has 2 N–H and O–H groups in total. The Bertz CT molecular complexity index is 1550. The van der Waals surface area contributed by atoms with Gasteiger partial charge in [0.25, 0.3) is 0 Å². The lowest BCUT2D eigenvalue weighted by molar-refractivity contribution is -0.152. The number of aromatic nitrogens is 1. The van der Waals surface area contributed by atoms with E-state index in [4.69, 9.17) is 18.7 Å². The highest BCUT2D eigenvalue weighted by atomic mass is 16.6. The van der Waals surface area contributed by atoms with Crippen molar-refractivity contribution in [2.75, 3.05) is 12.4 Å². The van der Waals surface area contributed by atoms with E-state index < -0.39 is 29.8 Å². The number of ether oxygens (including phenoxy) is 3. The summed E-state index contributed by atoms with van der Waals surface area (Å²) < 4.78 is 22.2. The predicted molar refractivity (Wildman–Crippen MR) is 158 cm³/mol. The van der Waals surface area contributed by atoms with Crippen LogP contribution in [0.25, 0.3) is 11.3 Å². The number of hydrogen-bond donors (Lipinski definition) is 2. The van der Waals surface area contributed by atoms with Crippen LogP contribution in [0.2, 0.25) is 0 Å². The predicted octanol–water partition coefficient (Wildman–Crippen LogP) is 6.91. The Labute approximate surface area is 249 Å². The first kappa shape index (κ1) is 30.6. The highest BCUT2D eigenvalue weighted by molar-refractivity contribution is 5.99. The van der Waals surface area contributed by atoms with Crippen LogP contribution in [0.15, 0.2) is 89.5 Å². The van der Waals surface area contributed by atoms with E-state index in [1.54, 1.807) is 66.7 Å². The zero-order valence-electron chi connectivity index (χ0n) is 24.3. The summed E-state index contributed by atoms with van der Waals surface area (Å²) in [6, 6.07) is 23.6. The van der Waals surface area contributed by atoms with Gasteiger partial charge >= 0.3 is 18.1 Å². The lowest BCUT2D eigenvalue weighted by Crippen LogP contribution is -2.40. The van der Waals surface area contributed by atoms with Crippen molar-refractivity contribution in [3.8, 4) is 22.8 Å². The Hall–Kier alpha value is -5.32.